The predicted molar refractivity (Wildman–Crippen MR) is 85.9 cm³/mol. The van der Waals surface area contributed by atoms with Crippen molar-refractivity contribution < 1.29 is 23.0 Å². The highest BCUT2D eigenvalue weighted by Crippen LogP contribution is 2.30. The normalized spacial score (nSPS) is 10.6. The minimum atomic E-state index is -2.97. The van der Waals surface area contributed by atoms with Crippen molar-refractivity contribution in [1.82, 2.24) is 4.98 Å². The number of alkyl halides is 2. The molecule has 0 aliphatic carbocycles. The molecule has 1 aromatic heterocycles. The summed E-state index contributed by atoms with van der Waals surface area (Å²) in [5, 5.41) is 2.67. The van der Waals surface area contributed by atoms with Crippen LogP contribution in [-0.4, -0.2) is 24.1 Å². The fourth-order valence-electron chi connectivity index (χ4n) is 2.20. The van der Waals surface area contributed by atoms with Crippen molar-refractivity contribution in [3.63, 3.8) is 0 Å². The molecule has 0 aliphatic heterocycles. The Labute approximate surface area is 138 Å². The van der Waals surface area contributed by atoms with Crippen LogP contribution in [-0.2, 0) is 0 Å². The monoisotopic (exact) mass is 336 g/mol. The summed E-state index contributed by atoms with van der Waals surface area (Å²) in [6, 6.07) is 7.65. The first-order valence-corrected chi connectivity index (χ1v) is 7.37. The van der Waals surface area contributed by atoms with Gasteiger partial charge in [-0.2, -0.15) is 8.78 Å². The van der Waals surface area contributed by atoms with Crippen molar-refractivity contribution in [1.29, 1.82) is 0 Å². The maximum Gasteiger partial charge on any atom is 0.387 e. The number of carbonyl (C=O) groups is 1. The van der Waals surface area contributed by atoms with Gasteiger partial charge in [-0.3, -0.25) is 4.79 Å². The molecule has 0 unspecified atom stereocenters. The number of amides is 1. The Kier molecular flexibility index (Phi) is 5.68. The number of pyridine rings is 1. The molecular weight excluding hydrogens is 318 g/mol. The van der Waals surface area contributed by atoms with Gasteiger partial charge in [-0.05, 0) is 56.7 Å². The van der Waals surface area contributed by atoms with Crippen LogP contribution in [0.25, 0.3) is 0 Å². The van der Waals surface area contributed by atoms with E-state index < -0.39 is 12.5 Å². The van der Waals surface area contributed by atoms with E-state index in [1.807, 2.05) is 19.9 Å². The van der Waals surface area contributed by atoms with Crippen molar-refractivity contribution in [2.24, 2.45) is 0 Å². The number of nitrogens with zero attached hydrogens (tertiary/aromatic N) is 1. The van der Waals surface area contributed by atoms with Crippen molar-refractivity contribution in [3.05, 3.63) is 47.2 Å². The number of anilines is 1. The predicted octanol–water partition coefficient (Wildman–Crippen LogP) is 3.95. The van der Waals surface area contributed by atoms with Crippen molar-refractivity contribution in [3.8, 4) is 11.5 Å². The van der Waals surface area contributed by atoms with Crippen molar-refractivity contribution >= 4 is 11.7 Å². The summed E-state index contributed by atoms with van der Waals surface area (Å²) < 4.78 is 34.4. The minimum absolute atomic E-state index is 0.0823. The van der Waals surface area contributed by atoms with E-state index in [4.69, 9.17) is 4.74 Å². The van der Waals surface area contributed by atoms with Crippen molar-refractivity contribution in [2.45, 2.75) is 27.4 Å². The summed E-state index contributed by atoms with van der Waals surface area (Å²) in [4.78, 5) is 16.6. The zero-order chi connectivity index (χ0) is 17.7. The van der Waals surface area contributed by atoms with E-state index in [1.54, 1.807) is 13.0 Å². The van der Waals surface area contributed by atoms with Gasteiger partial charge in [0.15, 0.2) is 11.5 Å². The number of hydrogen-bond donors (Lipinski definition) is 1. The van der Waals surface area contributed by atoms with E-state index in [-0.39, 0.29) is 23.7 Å². The van der Waals surface area contributed by atoms with Gasteiger partial charge in [0.1, 0.15) is 5.82 Å². The standard InChI is InChI=1S/C17H18F2N2O3/c1-4-23-14-9-12(5-6-13(14)24-17(18)19)16(22)21-15-8-10(2)7-11(3)20-15/h5-9,17H,4H2,1-3H3,(H,20,21,22). The Hall–Kier alpha value is -2.70. The molecule has 128 valence electrons. The third-order valence-electron chi connectivity index (χ3n) is 3.06. The van der Waals surface area contributed by atoms with Crippen LogP contribution < -0.4 is 14.8 Å². The van der Waals surface area contributed by atoms with Crippen LogP contribution in [0.1, 0.15) is 28.5 Å². The number of benzene rings is 1. The third-order valence-corrected chi connectivity index (χ3v) is 3.06. The second-order valence-electron chi connectivity index (χ2n) is 5.10. The van der Waals surface area contributed by atoms with E-state index in [0.717, 1.165) is 11.3 Å². The largest absolute Gasteiger partial charge is 0.490 e. The van der Waals surface area contributed by atoms with Crippen LogP contribution in [0.5, 0.6) is 11.5 Å². The number of halogens is 2. The lowest BCUT2D eigenvalue weighted by atomic mass is 10.2. The molecule has 5 nitrogen and oxygen atoms in total. The molecule has 0 saturated carbocycles. The maximum absolute atomic E-state index is 12.4. The molecule has 0 saturated heterocycles. The highest BCUT2D eigenvalue weighted by atomic mass is 19.3. The Morgan fingerprint density at radius 1 is 1.21 bits per heavy atom. The molecule has 1 heterocycles. The van der Waals surface area contributed by atoms with Gasteiger partial charge in [-0.25, -0.2) is 4.98 Å². The van der Waals surface area contributed by atoms with Crippen LogP contribution in [0.15, 0.2) is 30.3 Å². The number of nitrogens with one attached hydrogen (secondary N) is 1. The summed E-state index contributed by atoms with van der Waals surface area (Å²) in [6.45, 7) is 2.71. The topological polar surface area (TPSA) is 60.5 Å². The van der Waals surface area contributed by atoms with Crippen LogP contribution in [0, 0.1) is 13.8 Å². The Bertz CT molecular complexity index is 716. The first-order chi connectivity index (χ1) is 11.4. The fourth-order valence-corrected chi connectivity index (χ4v) is 2.20. The summed E-state index contributed by atoms with van der Waals surface area (Å²) in [5.41, 5.74) is 2.00. The van der Waals surface area contributed by atoms with Crippen LogP contribution in [0.4, 0.5) is 14.6 Å². The second-order valence-corrected chi connectivity index (χ2v) is 5.10. The molecule has 0 aliphatic rings. The zero-order valence-electron chi connectivity index (χ0n) is 13.6. The van der Waals surface area contributed by atoms with Gasteiger partial charge < -0.3 is 14.8 Å². The Morgan fingerprint density at radius 3 is 2.58 bits per heavy atom. The van der Waals surface area contributed by atoms with Gasteiger partial charge in [0.2, 0.25) is 0 Å². The number of rotatable bonds is 6. The van der Waals surface area contributed by atoms with E-state index in [9.17, 15) is 13.6 Å². The molecule has 1 N–H and O–H groups in total. The van der Waals surface area contributed by atoms with E-state index in [0.29, 0.717) is 5.82 Å². The average molecular weight is 336 g/mol. The molecule has 2 aromatic rings. The molecule has 1 amide bonds. The number of aryl methyl sites for hydroxylation is 2. The number of aromatic nitrogens is 1. The van der Waals surface area contributed by atoms with Crippen LogP contribution in [0.3, 0.4) is 0 Å². The van der Waals surface area contributed by atoms with Gasteiger partial charge in [-0.1, -0.05) is 0 Å². The number of carbonyl (C=O) groups excluding carboxylic acids is 1. The molecule has 0 radical (unpaired) electrons. The van der Waals surface area contributed by atoms with Crippen LogP contribution >= 0.6 is 0 Å². The minimum Gasteiger partial charge on any atom is -0.490 e. The number of hydrogen-bond acceptors (Lipinski definition) is 4. The summed E-state index contributed by atoms with van der Waals surface area (Å²) in [5.74, 6) is -0.0350. The highest BCUT2D eigenvalue weighted by Gasteiger charge is 2.15. The lowest BCUT2D eigenvalue weighted by Crippen LogP contribution is -2.14. The van der Waals surface area contributed by atoms with Gasteiger partial charge in [0, 0.05) is 11.3 Å². The first kappa shape index (κ1) is 17.7. The molecule has 0 atom stereocenters. The van der Waals surface area contributed by atoms with E-state index >= 15 is 0 Å². The molecule has 0 spiro atoms. The smallest absolute Gasteiger partial charge is 0.387 e. The Balaban J connectivity index is 2.23. The molecule has 0 bridgehead atoms. The van der Waals surface area contributed by atoms with Gasteiger partial charge in [-0.15, -0.1) is 0 Å². The van der Waals surface area contributed by atoms with E-state index in [2.05, 4.69) is 15.0 Å². The quantitative estimate of drug-likeness (QED) is 0.868. The molecule has 7 heteroatoms. The second kappa shape index (κ2) is 7.72. The fraction of sp³-hybridized carbons (Fsp3) is 0.294. The van der Waals surface area contributed by atoms with Gasteiger partial charge >= 0.3 is 6.61 Å². The van der Waals surface area contributed by atoms with Gasteiger partial charge in [0.05, 0.1) is 6.61 Å². The molecule has 2 rings (SSSR count). The summed E-state index contributed by atoms with van der Waals surface area (Å²) in [7, 11) is 0. The van der Waals surface area contributed by atoms with E-state index in [1.165, 1.54) is 18.2 Å². The third kappa shape index (κ3) is 4.65. The molecule has 1 aromatic carbocycles. The summed E-state index contributed by atoms with van der Waals surface area (Å²) in [6.07, 6.45) is 0. The van der Waals surface area contributed by atoms with Crippen LogP contribution in [0.2, 0.25) is 0 Å². The zero-order valence-corrected chi connectivity index (χ0v) is 13.6. The average Bonchev–Trinajstić information content (AvgIpc) is 2.47. The number of ether oxygens (including phenoxy) is 2. The Morgan fingerprint density at radius 2 is 1.96 bits per heavy atom. The first-order valence-electron chi connectivity index (χ1n) is 7.37. The SMILES string of the molecule is CCOc1cc(C(=O)Nc2cc(C)cc(C)n2)ccc1OC(F)F. The lowest BCUT2D eigenvalue weighted by Gasteiger charge is -2.13. The summed E-state index contributed by atoms with van der Waals surface area (Å²) >= 11 is 0. The van der Waals surface area contributed by atoms with Gasteiger partial charge in [0.25, 0.3) is 5.91 Å². The molecule has 0 fully saturated rings. The molecular formula is C17H18F2N2O3. The maximum atomic E-state index is 12.4. The highest BCUT2D eigenvalue weighted by molar-refractivity contribution is 6.04. The van der Waals surface area contributed by atoms with Crippen molar-refractivity contribution in [2.75, 3.05) is 11.9 Å². The lowest BCUT2D eigenvalue weighted by molar-refractivity contribution is -0.0514. The molecule has 24 heavy (non-hydrogen) atoms.